The number of amides is 1. The molecule has 1 aliphatic rings. The minimum absolute atomic E-state index is 0.0602. The summed E-state index contributed by atoms with van der Waals surface area (Å²) in [7, 11) is 0. The normalized spacial score (nSPS) is 18.6. The number of hydrogen-bond donors (Lipinski definition) is 2. The summed E-state index contributed by atoms with van der Waals surface area (Å²) in [6.45, 7) is 0.582. The average Bonchev–Trinajstić information content (AvgIpc) is 2.46. The summed E-state index contributed by atoms with van der Waals surface area (Å²) in [6.07, 6.45) is 1.15. The van der Waals surface area contributed by atoms with E-state index >= 15 is 0 Å². The van der Waals surface area contributed by atoms with Crippen LogP contribution in [0.1, 0.15) is 33.6 Å². The second-order valence-electron chi connectivity index (χ2n) is 4.78. The molecule has 106 valence electrons. The number of carbonyl (C=O) groups is 3. The quantitative estimate of drug-likeness (QED) is 0.868. The summed E-state index contributed by atoms with van der Waals surface area (Å²) in [5, 5.41) is 18.1. The molecule has 1 atom stereocenters. The fraction of sp³-hybridized carbons (Fsp3) is 0.357. The zero-order valence-corrected chi connectivity index (χ0v) is 10.8. The van der Waals surface area contributed by atoms with E-state index in [9.17, 15) is 14.4 Å². The fourth-order valence-electron chi connectivity index (χ4n) is 2.39. The Balaban J connectivity index is 2.23. The van der Waals surface area contributed by atoms with Crippen molar-refractivity contribution in [2.24, 2.45) is 5.92 Å². The monoisotopic (exact) mass is 277 g/mol. The lowest BCUT2D eigenvalue weighted by Crippen LogP contribution is -2.42. The Hall–Kier alpha value is -2.37. The van der Waals surface area contributed by atoms with Crippen LogP contribution in [-0.2, 0) is 4.79 Å². The number of aromatic carboxylic acids is 1. The first-order chi connectivity index (χ1) is 9.50. The number of carbonyl (C=O) groups excluding carboxylic acids is 1. The molecule has 1 heterocycles. The number of nitrogens with zero attached hydrogens (tertiary/aromatic N) is 1. The van der Waals surface area contributed by atoms with Crippen LogP contribution in [0.4, 0.5) is 0 Å². The lowest BCUT2D eigenvalue weighted by Gasteiger charge is -2.31. The highest BCUT2D eigenvalue weighted by atomic mass is 16.4. The van der Waals surface area contributed by atoms with Gasteiger partial charge in [0.2, 0.25) is 0 Å². The molecule has 1 saturated heterocycles. The maximum atomic E-state index is 12.4. The van der Waals surface area contributed by atoms with Gasteiger partial charge in [-0.15, -0.1) is 0 Å². The Morgan fingerprint density at radius 1 is 1.10 bits per heavy atom. The minimum atomic E-state index is -1.17. The third kappa shape index (κ3) is 2.79. The molecule has 6 nitrogen and oxygen atoms in total. The predicted octanol–water partition coefficient (Wildman–Crippen LogP) is 1.32. The standard InChI is InChI=1S/C14H15NO5/c16-12(10-5-1-2-6-11(10)14(19)20)15-7-3-4-9(8-15)13(17)18/h1-2,5-6,9H,3-4,7-8H2,(H,17,18)(H,19,20). The molecule has 20 heavy (non-hydrogen) atoms. The first-order valence-corrected chi connectivity index (χ1v) is 6.35. The highest BCUT2D eigenvalue weighted by Gasteiger charge is 2.30. The Morgan fingerprint density at radius 2 is 1.75 bits per heavy atom. The van der Waals surface area contributed by atoms with E-state index in [1.165, 1.54) is 17.0 Å². The smallest absolute Gasteiger partial charge is 0.336 e. The number of aliphatic carboxylic acids is 1. The second kappa shape index (κ2) is 5.73. The van der Waals surface area contributed by atoms with Crippen LogP contribution in [0.25, 0.3) is 0 Å². The molecule has 0 bridgehead atoms. The van der Waals surface area contributed by atoms with Gasteiger partial charge in [0.25, 0.3) is 5.91 Å². The number of hydrogen-bond acceptors (Lipinski definition) is 3. The van der Waals surface area contributed by atoms with Crippen LogP contribution in [0.15, 0.2) is 24.3 Å². The van der Waals surface area contributed by atoms with Gasteiger partial charge in [0.1, 0.15) is 0 Å². The highest BCUT2D eigenvalue weighted by Crippen LogP contribution is 2.20. The van der Waals surface area contributed by atoms with E-state index in [2.05, 4.69) is 0 Å². The number of piperidine rings is 1. The van der Waals surface area contributed by atoms with Gasteiger partial charge in [0.05, 0.1) is 17.0 Å². The number of rotatable bonds is 3. The maximum Gasteiger partial charge on any atom is 0.336 e. The van der Waals surface area contributed by atoms with E-state index in [0.717, 1.165) is 0 Å². The SMILES string of the molecule is O=C(O)c1ccccc1C(=O)N1CCCC(C(=O)O)C1. The van der Waals surface area contributed by atoms with E-state index in [4.69, 9.17) is 10.2 Å². The molecule has 0 radical (unpaired) electrons. The van der Waals surface area contributed by atoms with Gasteiger partial charge in [-0.1, -0.05) is 12.1 Å². The largest absolute Gasteiger partial charge is 0.481 e. The molecule has 1 aliphatic heterocycles. The molecule has 2 N–H and O–H groups in total. The lowest BCUT2D eigenvalue weighted by atomic mass is 9.97. The van der Waals surface area contributed by atoms with Crippen molar-refractivity contribution >= 4 is 17.8 Å². The average molecular weight is 277 g/mol. The fourth-order valence-corrected chi connectivity index (χ4v) is 2.39. The minimum Gasteiger partial charge on any atom is -0.481 e. The van der Waals surface area contributed by atoms with Gasteiger partial charge in [0, 0.05) is 13.1 Å². The molecule has 6 heteroatoms. The van der Waals surface area contributed by atoms with Gasteiger partial charge >= 0.3 is 11.9 Å². The second-order valence-corrected chi connectivity index (χ2v) is 4.78. The molecular weight excluding hydrogens is 262 g/mol. The summed E-state index contributed by atoms with van der Waals surface area (Å²) in [5.41, 5.74) is 0.0426. The van der Waals surface area contributed by atoms with Crippen LogP contribution in [0.5, 0.6) is 0 Å². The van der Waals surface area contributed by atoms with Gasteiger partial charge in [0.15, 0.2) is 0 Å². The molecule has 1 amide bonds. The molecule has 1 fully saturated rings. The molecule has 0 aliphatic carbocycles. The van der Waals surface area contributed by atoms with Gasteiger partial charge < -0.3 is 15.1 Å². The van der Waals surface area contributed by atoms with Crippen molar-refractivity contribution in [3.05, 3.63) is 35.4 Å². The molecular formula is C14H15NO5. The molecule has 0 saturated carbocycles. The van der Waals surface area contributed by atoms with Crippen LogP contribution in [-0.4, -0.2) is 46.0 Å². The summed E-state index contributed by atoms with van der Waals surface area (Å²) >= 11 is 0. The van der Waals surface area contributed by atoms with Crippen molar-refractivity contribution in [2.45, 2.75) is 12.8 Å². The third-order valence-electron chi connectivity index (χ3n) is 3.45. The summed E-state index contributed by atoms with van der Waals surface area (Å²) in [5.74, 6) is -3.09. The predicted molar refractivity (Wildman–Crippen MR) is 69.7 cm³/mol. The Labute approximate surface area is 115 Å². The zero-order valence-electron chi connectivity index (χ0n) is 10.8. The molecule has 1 unspecified atom stereocenters. The van der Waals surface area contributed by atoms with Crippen molar-refractivity contribution in [2.75, 3.05) is 13.1 Å². The Kier molecular flexibility index (Phi) is 4.02. The first kappa shape index (κ1) is 14.0. The third-order valence-corrected chi connectivity index (χ3v) is 3.45. The zero-order chi connectivity index (χ0) is 14.7. The van der Waals surface area contributed by atoms with Crippen LogP contribution >= 0.6 is 0 Å². The van der Waals surface area contributed by atoms with Crippen LogP contribution in [0, 0.1) is 5.92 Å². The van der Waals surface area contributed by atoms with Crippen molar-refractivity contribution < 1.29 is 24.6 Å². The number of carboxylic acid groups (broad SMARTS) is 2. The van der Waals surface area contributed by atoms with E-state index in [1.54, 1.807) is 12.1 Å². The van der Waals surface area contributed by atoms with Gasteiger partial charge in [-0.25, -0.2) is 4.79 Å². The van der Waals surface area contributed by atoms with E-state index in [0.29, 0.717) is 19.4 Å². The van der Waals surface area contributed by atoms with Crippen LogP contribution in [0.3, 0.4) is 0 Å². The summed E-state index contributed by atoms with van der Waals surface area (Å²) in [6, 6.07) is 5.97. The highest BCUT2D eigenvalue weighted by molar-refractivity contribution is 6.04. The van der Waals surface area contributed by atoms with Gasteiger partial charge in [-0.3, -0.25) is 9.59 Å². The number of carboxylic acids is 2. The van der Waals surface area contributed by atoms with E-state index < -0.39 is 23.8 Å². The Morgan fingerprint density at radius 3 is 2.35 bits per heavy atom. The van der Waals surface area contributed by atoms with Crippen molar-refractivity contribution in [1.82, 2.24) is 4.90 Å². The van der Waals surface area contributed by atoms with Crippen LogP contribution < -0.4 is 0 Å². The molecule has 1 aromatic rings. The van der Waals surface area contributed by atoms with Crippen molar-refractivity contribution in [1.29, 1.82) is 0 Å². The van der Waals surface area contributed by atoms with Crippen molar-refractivity contribution in [3.63, 3.8) is 0 Å². The van der Waals surface area contributed by atoms with E-state index in [-0.39, 0.29) is 17.7 Å². The van der Waals surface area contributed by atoms with Gasteiger partial charge in [-0.2, -0.15) is 0 Å². The molecule has 0 spiro atoms. The summed E-state index contributed by atoms with van der Waals surface area (Å²) in [4.78, 5) is 35.9. The Bertz CT molecular complexity index is 554. The van der Waals surface area contributed by atoms with Gasteiger partial charge in [-0.05, 0) is 25.0 Å². The molecule has 0 aromatic heterocycles. The number of benzene rings is 1. The maximum absolute atomic E-state index is 12.4. The molecule has 2 rings (SSSR count). The first-order valence-electron chi connectivity index (χ1n) is 6.35. The van der Waals surface area contributed by atoms with E-state index in [1.807, 2.05) is 0 Å². The lowest BCUT2D eigenvalue weighted by molar-refractivity contribution is -0.143. The summed E-state index contributed by atoms with van der Waals surface area (Å²) < 4.78 is 0. The van der Waals surface area contributed by atoms with Crippen molar-refractivity contribution in [3.8, 4) is 0 Å². The number of likely N-dealkylation sites (tertiary alicyclic amines) is 1. The molecule has 1 aromatic carbocycles. The van der Waals surface area contributed by atoms with Crippen LogP contribution in [0.2, 0.25) is 0 Å². The topological polar surface area (TPSA) is 94.9 Å².